The molecule has 1 aromatic carbocycles. The van der Waals surface area contributed by atoms with Crippen LogP contribution in [0.15, 0.2) is 24.3 Å². The standard InChI is InChI=1S/C15H20O/c1-12-5-7-13(8-6-12)15(3)10-4-9-14(15,2)11-16/h5-8,11H,4,9-10H2,1-3H3/t14?,15-/m0/s1. The number of rotatable bonds is 2. The largest absolute Gasteiger partial charge is 0.303 e. The minimum Gasteiger partial charge on any atom is -0.303 e. The number of hydrogen-bond donors (Lipinski definition) is 0. The molecular formula is C15H20O. The van der Waals surface area contributed by atoms with Crippen molar-refractivity contribution in [2.75, 3.05) is 0 Å². The maximum absolute atomic E-state index is 11.4. The molecule has 2 rings (SSSR count). The van der Waals surface area contributed by atoms with Crippen LogP contribution in [0.4, 0.5) is 0 Å². The lowest BCUT2D eigenvalue weighted by molar-refractivity contribution is -0.117. The van der Waals surface area contributed by atoms with E-state index in [-0.39, 0.29) is 10.8 Å². The first-order chi connectivity index (χ1) is 7.52. The molecule has 0 N–H and O–H groups in total. The second-order valence-electron chi connectivity index (χ2n) is 5.59. The zero-order valence-electron chi connectivity index (χ0n) is 10.4. The van der Waals surface area contributed by atoms with E-state index in [1.807, 2.05) is 0 Å². The van der Waals surface area contributed by atoms with E-state index < -0.39 is 0 Å². The quantitative estimate of drug-likeness (QED) is 0.690. The Morgan fingerprint density at radius 1 is 1.12 bits per heavy atom. The summed E-state index contributed by atoms with van der Waals surface area (Å²) >= 11 is 0. The Bertz CT molecular complexity index is 392. The molecule has 1 aliphatic rings. The third-order valence-corrected chi connectivity index (χ3v) is 4.58. The summed E-state index contributed by atoms with van der Waals surface area (Å²) in [5.74, 6) is 0. The fourth-order valence-electron chi connectivity index (χ4n) is 2.96. The van der Waals surface area contributed by atoms with Gasteiger partial charge in [-0.15, -0.1) is 0 Å². The van der Waals surface area contributed by atoms with Gasteiger partial charge in [-0.1, -0.05) is 50.1 Å². The maximum Gasteiger partial charge on any atom is 0.126 e. The molecular weight excluding hydrogens is 196 g/mol. The maximum atomic E-state index is 11.4. The van der Waals surface area contributed by atoms with E-state index >= 15 is 0 Å². The van der Waals surface area contributed by atoms with Crippen LogP contribution >= 0.6 is 0 Å². The average molecular weight is 216 g/mol. The van der Waals surface area contributed by atoms with Crippen molar-refractivity contribution in [3.8, 4) is 0 Å². The Morgan fingerprint density at radius 3 is 2.31 bits per heavy atom. The molecule has 0 bridgehead atoms. The first-order valence-electron chi connectivity index (χ1n) is 6.05. The minimum atomic E-state index is -0.192. The van der Waals surface area contributed by atoms with E-state index in [2.05, 4.69) is 45.0 Å². The van der Waals surface area contributed by atoms with Gasteiger partial charge >= 0.3 is 0 Å². The molecule has 1 heteroatoms. The highest BCUT2D eigenvalue weighted by molar-refractivity contribution is 5.64. The van der Waals surface area contributed by atoms with Crippen LogP contribution in [0.5, 0.6) is 0 Å². The SMILES string of the molecule is Cc1ccc([C@]2(C)CCCC2(C)C=O)cc1. The number of benzene rings is 1. The van der Waals surface area contributed by atoms with Crippen molar-refractivity contribution >= 4 is 6.29 Å². The lowest BCUT2D eigenvalue weighted by atomic mass is 9.65. The molecule has 1 aliphatic carbocycles. The predicted octanol–water partition coefficient (Wildman–Crippen LogP) is 3.64. The smallest absolute Gasteiger partial charge is 0.126 e. The Kier molecular flexibility index (Phi) is 2.65. The second-order valence-corrected chi connectivity index (χ2v) is 5.59. The van der Waals surface area contributed by atoms with Crippen LogP contribution in [0.1, 0.15) is 44.2 Å². The van der Waals surface area contributed by atoms with Crippen molar-refractivity contribution in [3.63, 3.8) is 0 Å². The van der Waals surface area contributed by atoms with Gasteiger partial charge in [-0.3, -0.25) is 0 Å². The molecule has 0 aromatic heterocycles. The van der Waals surface area contributed by atoms with Crippen LogP contribution in [-0.2, 0) is 10.2 Å². The van der Waals surface area contributed by atoms with Gasteiger partial charge < -0.3 is 4.79 Å². The van der Waals surface area contributed by atoms with Gasteiger partial charge in [0, 0.05) is 10.8 Å². The van der Waals surface area contributed by atoms with Crippen LogP contribution in [-0.4, -0.2) is 6.29 Å². The molecule has 1 nitrogen and oxygen atoms in total. The summed E-state index contributed by atoms with van der Waals surface area (Å²) in [5.41, 5.74) is 2.41. The topological polar surface area (TPSA) is 17.1 Å². The zero-order chi connectivity index (χ0) is 11.8. The highest BCUT2D eigenvalue weighted by atomic mass is 16.1. The zero-order valence-corrected chi connectivity index (χ0v) is 10.4. The predicted molar refractivity (Wildman–Crippen MR) is 66.6 cm³/mol. The summed E-state index contributed by atoms with van der Waals surface area (Å²) in [6, 6.07) is 8.65. The number of carbonyl (C=O) groups is 1. The fourth-order valence-corrected chi connectivity index (χ4v) is 2.96. The van der Waals surface area contributed by atoms with Crippen molar-refractivity contribution in [2.24, 2.45) is 5.41 Å². The van der Waals surface area contributed by atoms with Crippen molar-refractivity contribution in [3.05, 3.63) is 35.4 Å². The molecule has 86 valence electrons. The van der Waals surface area contributed by atoms with Crippen molar-refractivity contribution in [1.29, 1.82) is 0 Å². The number of aryl methyl sites for hydroxylation is 1. The Morgan fingerprint density at radius 2 is 1.75 bits per heavy atom. The third-order valence-electron chi connectivity index (χ3n) is 4.58. The van der Waals surface area contributed by atoms with Gasteiger partial charge in [-0.05, 0) is 25.3 Å². The molecule has 16 heavy (non-hydrogen) atoms. The lowest BCUT2D eigenvalue weighted by Gasteiger charge is -2.37. The van der Waals surface area contributed by atoms with Gasteiger partial charge in [0.15, 0.2) is 0 Å². The average Bonchev–Trinajstić information content (AvgIpc) is 2.58. The molecule has 0 spiro atoms. The summed E-state index contributed by atoms with van der Waals surface area (Å²) in [5, 5.41) is 0. The molecule has 0 amide bonds. The highest BCUT2D eigenvalue weighted by Gasteiger charge is 2.49. The summed E-state index contributed by atoms with van der Waals surface area (Å²) in [4.78, 5) is 11.4. The summed E-state index contributed by atoms with van der Waals surface area (Å²) in [7, 11) is 0. The second kappa shape index (κ2) is 3.73. The van der Waals surface area contributed by atoms with Gasteiger partial charge in [0.2, 0.25) is 0 Å². The van der Waals surface area contributed by atoms with E-state index in [1.54, 1.807) is 0 Å². The van der Waals surface area contributed by atoms with E-state index in [0.717, 1.165) is 19.3 Å². The first kappa shape index (κ1) is 11.4. The van der Waals surface area contributed by atoms with Gasteiger partial charge in [0.25, 0.3) is 0 Å². The molecule has 0 saturated heterocycles. The van der Waals surface area contributed by atoms with E-state index in [0.29, 0.717) is 0 Å². The van der Waals surface area contributed by atoms with Gasteiger partial charge in [-0.25, -0.2) is 0 Å². The molecule has 0 radical (unpaired) electrons. The lowest BCUT2D eigenvalue weighted by Crippen LogP contribution is -2.37. The number of carbonyl (C=O) groups excluding carboxylic acids is 1. The van der Waals surface area contributed by atoms with Gasteiger partial charge in [-0.2, -0.15) is 0 Å². The van der Waals surface area contributed by atoms with E-state index in [9.17, 15) is 4.79 Å². The number of hydrogen-bond acceptors (Lipinski definition) is 1. The van der Waals surface area contributed by atoms with Crippen molar-refractivity contribution in [2.45, 2.75) is 45.4 Å². The highest BCUT2D eigenvalue weighted by Crippen LogP contribution is 2.52. The first-order valence-corrected chi connectivity index (χ1v) is 6.05. The molecule has 1 fully saturated rings. The van der Waals surface area contributed by atoms with Crippen molar-refractivity contribution in [1.82, 2.24) is 0 Å². The summed E-state index contributed by atoms with van der Waals surface area (Å²) in [6.07, 6.45) is 4.45. The Labute approximate surface area is 97.9 Å². The van der Waals surface area contributed by atoms with Crippen LogP contribution in [0, 0.1) is 12.3 Å². The van der Waals surface area contributed by atoms with Crippen LogP contribution in [0.3, 0.4) is 0 Å². The Hall–Kier alpha value is -1.11. The molecule has 1 aromatic rings. The minimum absolute atomic E-state index is 0.0163. The normalized spacial score (nSPS) is 33.9. The van der Waals surface area contributed by atoms with E-state index in [4.69, 9.17) is 0 Å². The molecule has 2 atom stereocenters. The third kappa shape index (κ3) is 1.50. The summed E-state index contributed by atoms with van der Waals surface area (Å²) in [6.45, 7) is 6.44. The van der Waals surface area contributed by atoms with Crippen LogP contribution in [0.25, 0.3) is 0 Å². The van der Waals surface area contributed by atoms with Gasteiger partial charge in [0.1, 0.15) is 6.29 Å². The fraction of sp³-hybridized carbons (Fsp3) is 0.533. The molecule has 0 aliphatic heterocycles. The van der Waals surface area contributed by atoms with Gasteiger partial charge in [0.05, 0.1) is 0 Å². The Balaban J connectivity index is 2.45. The molecule has 1 saturated carbocycles. The van der Waals surface area contributed by atoms with Crippen LogP contribution in [0.2, 0.25) is 0 Å². The molecule has 1 unspecified atom stereocenters. The number of aldehydes is 1. The molecule has 0 heterocycles. The summed E-state index contributed by atoms with van der Waals surface area (Å²) < 4.78 is 0. The monoisotopic (exact) mass is 216 g/mol. The van der Waals surface area contributed by atoms with Crippen LogP contribution < -0.4 is 0 Å². The van der Waals surface area contributed by atoms with E-state index in [1.165, 1.54) is 17.4 Å². The van der Waals surface area contributed by atoms with Crippen molar-refractivity contribution < 1.29 is 4.79 Å².